The molecular formula is C47H34N2. The molecule has 0 aliphatic heterocycles. The normalized spacial score (nSPS) is 11.4. The lowest BCUT2D eigenvalue weighted by atomic mass is 9.85. The first-order chi connectivity index (χ1) is 24.3. The maximum Gasteiger partial charge on any atom is 0.114 e. The molecule has 0 fully saturated rings. The zero-order valence-corrected chi connectivity index (χ0v) is 27.3. The Balaban J connectivity index is 1.18. The van der Waals surface area contributed by atoms with Crippen molar-refractivity contribution in [3.05, 3.63) is 182 Å². The zero-order chi connectivity index (χ0) is 32.7. The van der Waals surface area contributed by atoms with Gasteiger partial charge in [-0.3, -0.25) is 4.57 Å². The minimum Gasteiger partial charge on any atom is -0.296 e. The summed E-state index contributed by atoms with van der Waals surface area (Å²) in [7, 11) is 0. The van der Waals surface area contributed by atoms with Crippen molar-refractivity contribution in [2.75, 3.05) is 0 Å². The van der Waals surface area contributed by atoms with Gasteiger partial charge in [0.15, 0.2) is 0 Å². The fourth-order valence-corrected chi connectivity index (χ4v) is 7.52. The molecule has 0 saturated heterocycles. The van der Waals surface area contributed by atoms with Crippen LogP contribution in [0.5, 0.6) is 0 Å². The fourth-order valence-electron chi connectivity index (χ4n) is 7.52. The lowest BCUT2D eigenvalue weighted by Crippen LogP contribution is -2.02. The van der Waals surface area contributed by atoms with Gasteiger partial charge in [0.25, 0.3) is 0 Å². The first-order valence-electron chi connectivity index (χ1n) is 17.0. The standard InChI is InChI=1S/C47H34N2/c1-2-45-48-42-21-11-13-23-44(42)49(45)43-22-12-10-16-37(43)34-26-30-36(31-27-34)47-40-19-8-6-17-38(40)46(39-18-7-9-20-41(39)47)35-28-24-33(25-29-35)32-14-4-3-5-15-32/h3-31H,2H2,1H3. The summed E-state index contributed by atoms with van der Waals surface area (Å²) >= 11 is 0. The zero-order valence-electron chi connectivity index (χ0n) is 27.3. The number of nitrogens with zero attached hydrogens (tertiary/aromatic N) is 2. The van der Waals surface area contributed by atoms with Gasteiger partial charge in [0.2, 0.25) is 0 Å². The second kappa shape index (κ2) is 12.1. The van der Waals surface area contributed by atoms with Gasteiger partial charge in [0.05, 0.1) is 16.7 Å². The van der Waals surface area contributed by atoms with E-state index in [4.69, 9.17) is 4.98 Å². The smallest absolute Gasteiger partial charge is 0.114 e. The number of para-hydroxylation sites is 3. The Morgan fingerprint density at radius 3 is 1.45 bits per heavy atom. The number of imidazole rings is 1. The van der Waals surface area contributed by atoms with Crippen LogP contribution in [0, 0.1) is 0 Å². The molecule has 0 saturated carbocycles. The summed E-state index contributed by atoms with van der Waals surface area (Å²) in [6, 6.07) is 63.6. The third-order valence-electron chi connectivity index (χ3n) is 9.79. The van der Waals surface area contributed by atoms with Gasteiger partial charge < -0.3 is 0 Å². The van der Waals surface area contributed by atoms with Crippen LogP contribution in [0.2, 0.25) is 0 Å². The van der Waals surface area contributed by atoms with E-state index in [9.17, 15) is 0 Å². The number of aryl methyl sites for hydroxylation is 1. The highest BCUT2D eigenvalue weighted by Gasteiger charge is 2.18. The van der Waals surface area contributed by atoms with Crippen molar-refractivity contribution in [1.82, 2.24) is 9.55 Å². The van der Waals surface area contributed by atoms with Crippen LogP contribution in [0.1, 0.15) is 12.7 Å². The highest BCUT2D eigenvalue weighted by Crippen LogP contribution is 2.44. The second-order valence-electron chi connectivity index (χ2n) is 12.6. The largest absolute Gasteiger partial charge is 0.296 e. The molecular weight excluding hydrogens is 593 g/mol. The van der Waals surface area contributed by atoms with E-state index in [1.807, 2.05) is 0 Å². The SMILES string of the molecule is CCc1nc2ccccc2n1-c1ccccc1-c1ccc(-c2c3ccccc3c(-c3ccc(-c4ccccc4)cc3)c3ccccc23)cc1. The number of benzene rings is 8. The van der Waals surface area contributed by atoms with Crippen LogP contribution in [0.15, 0.2) is 176 Å². The molecule has 0 radical (unpaired) electrons. The highest BCUT2D eigenvalue weighted by atomic mass is 15.1. The number of fused-ring (bicyclic) bond motifs is 3. The van der Waals surface area contributed by atoms with Crippen molar-refractivity contribution in [3.8, 4) is 50.2 Å². The van der Waals surface area contributed by atoms with Gasteiger partial charge in [-0.1, -0.05) is 165 Å². The quantitative estimate of drug-likeness (QED) is 0.168. The fraction of sp³-hybridized carbons (Fsp3) is 0.0426. The molecule has 0 aliphatic rings. The van der Waals surface area contributed by atoms with E-state index in [0.717, 1.165) is 29.0 Å². The molecule has 0 amide bonds. The molecule has 1 heterocycles. The summed E-state index contributed by atoms with van der Waals surface area (Å²) < 4.78 is 2.32. The minimum atomic E-state index is 0.856. The van der Waals surface area contributed by atoms with Crippen molar-refractivity contribution in [1.29, 1.82) is 0 Å². The molecule has 0 bridgehead atoms. The number of hydrogen-bond acceptors (Lipinski definition) is 1. The molecule has 49 heavy (non-hydrogen) atoms. The Labute approximate surface area is 286 Å². The summed E-state index contributed by atoms with van der Waals surface area (Å²) in [5.74, 6) is 1.07. The molecule has 8 aromatic carbocycles. The first kappa shape index (κ1) is 28.9. The molecule has 0 spiro atoms. The van der Waals surface area contributed by atoms with Gasteiger partial charge in [-0.25, -0.2) is 4.98 Å². The predicted octanol–water partition coefficient (Wildman–Crippen LogP) is 12.6. The molecule has 0 aliphatic carbocycles. The average molecular weight is 627 g/mol. The summed E-state index contributed by atoms with van der Waals surface area (Å²) in [6.45, 7) is 2.18. The first-order valence-corrected chi connectivity index (χ1v) is 17.0. The molecule has 2 heteroatoms. The van der Waals surface area contributed by atoms with E-state index < -0.39 is 0 Å². The average Bonchev–Trinajstić information content (AvgIpc) is 3.56. The van der Waals surface area contributed by atoms with Gasteiger partial charge in [-0.2, -0.15) is 0 Å². The lowest BCUT2D eigenvalue weighted by molar-refractivity contribution is 0.909. The molecule has 0 N–H and O–H groups in total. The Kier molecular flexibility index (Phi) is 7.13. The van der Waals surface area contributed by atoms with Crippen molar-refractivity contribution in [2.24, 2.45) is 0 Å². The molecule has 232 valence electrons. The van der Waals surface area contributed by atoms with Crippen LogP contribution in [-0.2, 0) is 6.42 Å². The maximum atomic E-state index is 4.96. The third kappa shape index (κ3) is 4.92. The van der Waals surface area contributed by atoms with Crippen LogP contribution in [0.4, 0.5) is 0 Å². The molecule has 9 aromatic rings. The lowest BCUT2D eigenvalue weighted by Gasteiger charge is -2.18. The van der Waals surface area contributed by atoms with Crippen molar-refractivity contribution >= 4 is 32.6 Å². The summed E-state index contributed by atoms with van der Waals surface area (Å²) in [4.78, 5) is 4.96. The number of rotatable bonds is 6. The van der Waals surface area contributed by atoms with Gasteiger partial charge in [0.1, 0.15) is 5.82 Å². The van der Waals surface area contributed by atoms with Crippen molar-refractivity contribution < 1.29 is 0 Å². The predicted molar refractivity (Wildman–Crippen MR) is 207 cm³/mol. The molecule has 2 nitrogen and oxygen atoms in total. The van der Waals surface area contributed by atoms with Gasteiger partial charge in [-0.05, 0) is 78.7 Å². The van der Waals surface area contributed by atoms with Crippen molar-refractivity contribution in [2.45, 2.75) is 13.3 Å². The Morgan fingerprint density at radius 2 is 0.857 bits per heavy atom. The van der Waals surface area contributed by atoms with E-state index in [1.165, 1.54) is 66.1 Å². The van der Waals surface area contributed by atoms with Crippen LogP contribution < -0.4 is 0 Å². The van der Waals surface area contributed by atoms with Crippen molar-refractivity contribution in [3.63, 3.8) is 0 Å². The van der Waals surface area contributed by atoms with Crippen LogP contribution >= 0.6 is 0 Å². The Hall–Kier alpha value is -6.25. The minimum absolute atomic E-state index is 0.856. The molecule has 0 unspecified atom stereocenters. The van der Waals surface area contributed by atoms with E-state index in [2.05, 4.69) is 187 Å². The van der Waals surface area contributed by atoms with E-state index >= 15 is 0 Å². The Bertz CT molecular complexity index is 2550. The monoisotopic (exact) mass is 626 g/mol. The molecule has 0 atom stereocenters. The topological polar surface area (TPSA) is 17.8 Å². The number of hydrogen-bond donors (Lipinski definition) is 0. The third-order valence-corrected chi connectivity index (χ3v) is 9.79. The summed E-state index contributed by atoms with van der Waals surface area (Å²) in [5.41, 5.74) is 13.1. The second-order valence-corrected chi connectivity index (χ2v) is 12.6. The van der Waals surface area contributed by atoms with Gasteiger partial charge in [-0.15, -0.1) is 0 Å². The van der Waals surface area contributed by atoms with Crippen LogP contribution in [0.3, 0.4) is 0 Å². The van der Waals surface area contributed by atoms with Crippen LogP contribution in [0.25, 0.3) is 82.8 Å². The highest BCUT2D eigenvalue weighted by molar-refractivity contribution is 6.21. The Morgan fingerprint density at radius 1 is 0.408 bits per heavy atom. The van der Waals surface area contributed by atoms with E-state index in [0.29, 0.717) is 0 Å². The van der Waals surface area contributed by atoms with Gasteiger partial charge in [0, 0.05) is 12.0 Å². The van der Waals surface area contributed by atoms with Gasteiger partial charge >= 0.3 is 0 Å². The van der Waals surface area contributed by atoms with Crippen LogP contribution in [-0.4, -0.2) is 9.55 Å². The molecule has 9 rings (SSSR count). The van der Waals surface area contributed by atoms with E-state index in [1.54, 1.807) is 0 Å². The summed E-state index contributed by atoms with van der Waals surface area (Å²) in [5, 5.41) is 5.04. The molecule has 1 aromatic heterocycles. The summed E-state index contributed by atoms with van der Waals surface area (Å²) in [6.07, 6.45) is 0.856. The number of aromatic nitrogens is 2. The van der Waals surface area contributed by atoms with E-state index in [-0.39, 0.29) is 0 Å². The maximum absolute atomic E-state index is 4.96.